The molecule has 1 saturated heterocycles. The Bertz CT molecular complexity index is 810. The number of hydrogen-bond acceptors (Lipinski definition) is 6. The molecular weight excluding hydrogens is 336 g/mol. The Morgan fingerprint density at radius 2 is 2.08 bits per heavy atom. The van der Waals surface area contributed by atoms with Crippen molar-refractivity contribution in [1.29, 1.82) is 0 Å². The smallest absolute Gasteiger partial charge is 0.269 e. The molecule has 0 bridgehead atoms. The number of rotatable bonds is 4. The van der Waals surface area contributed by atoms with E-state index in [1.165, 1.54) is 0 Å². The van der Waals surface area contributed by atoms with Crippen molar-refractivity contribution in [3.05, 3.63) is 70.0 Å². The van der Waals surface area contributed by atoms with Crippen molar-refractivity contribution in [1.82, 2.24) is 9.88 Å². The number of benzene rings is 1. The second kappa shape index (κ2) is 6.48. The molecule has 3 atom stereocenters. The van der Waals surface area contributed by atoms with Gasteiger partial charge in [0, 0.05) is 30.1 Å². The van der Waals surface area contributed by atoms with Crippen LogP contribution in [0.2, 0.25) is 0 Å². The number of pyridine rings is 1. The maximum Gasteiger partial charge on any atom is 0.269 e. The molecule has 6 nitrogen and oxygen atoms in total. The van der Waals surface area contributed by atoms with Gasteiger partial charge in [-0.1, -0.05) is 36.9 Å². The first-order valence-corrected chi connectivity index (χ1v) is 9.32. The third-order valence-corrected chi connectivity index (χ3v) is 5.90. The van der Waals surface area contributed by atoms with E-state index in [1.807, 2.05) is 30.3 Å². The molecule has 0 radical (unpaired) electrons. The fourth-order valence-electron chi connectivity index (χ4n) is 3.50. The summed E-state index contributed by atoms with van der Waals surface area (Å²) >= 11 is 1.79. The van der Waals surface area contributed by atoms with Crippen LogP contribution in [-0.4, -0.2) is 31.8 Å². The van der Waals surface area contributed by atoms with Crippen LogP contribution in [0.15, 0.2) is 53.7 Å². The first-order chi connectivity index (χ1) is 12.2. The van der Waals surface area contributed by atoms with E-state index in [9.17, 15) is 10.1 Å². The van der Waals surface area contributed by atoms with Crippen LogP contribution in [0.3, 0.4) is 0 Å². The van der Waals surface area contributed by atoms with Crippen LogP contribution >= 0.6 is 11.8 Å². The van der Waals surface area contributed by atoms with Gasteiger partial charge < -0.3 is 4.90 Å². The van der Waals surface area contributed by atoms with Gasteiger partial charge in [0.1, 0.15) is 6.04 Å². The molecule has 0 unspecified atom stereocenters. The summed E-state index contributed by atoms with van der Waals surface area (Å²) in [4.78, 5) is 22.4. The number of amidine groups is 1. The topological polar surface area (TPSA) is 71.6 Å². The van der Waals surface area contributed by atoms with Crippen LogP contribution in [-0.2, 0) is 0 Å². The maximum absolute atomic E-state index is 11.0. The molecule has 0 saturated carbocycles. The van der Waals surface area contributed by atoms with Crippen molar-refractivity contribution in [2.45, 2.75) is 31.5 Å². The van der Waals surface area contributed by atoms with Gasteiger partial charge >= 0.3 is 0 Å². The monoisotopic (exact) mass is 354 g/mol. The number of aromatic nitrogens is 1. The van der Waals surface area contributed by atoms with Crippen LogP contribution in [0.4, 0.5) is 5.69 Å². The van der Waals surface area contributed by atoms with Gasteiger partial charge in [0.15, 0.2) is 5.17 Å². The van der Waals surface area contributed by atoms with E-state index in [4.69, 9.17) is 4.99 Å². The highest BCUT2D eigenvalue weighted by atomic mass is 32.2. The van der Waals surface area contributed by atoms with Gasteiger partial charge in [0.25, 0.3) is 5.69 Å². The molecule has 0 aliphatic carbocycles. The molecule has 128 valence electrons. The van der Waals surface area contributed by atoms with Crippen LogP contribution in [0.25, 0.3) is 0 Å². The molecule has 2 aromatic rings. The normalized spacial score (nSPS) is 24.9. The number of nitro groups is 1. The summed E-state index contributed by atoms with van der Waals surface area (Å²) in [6.45, 7) is 2.19. The van der Waals surface area contributed by atoms with Crippen molar-refractivity contribution in [3.8, 4) is 0 Å². The molecule has 7 heteroatoms. The van der Waals surface area contributed by atoms with Crippen molar-refractivity contribution < 1.29 is 4.92 Å². The number of nitrogens with zero attached hydrogens (tertiary/aromatic N) is 4. The number of thioether (sulfide) groups is 1. The van der Waals surface area contributed by atoms with Gasteiger partial charge in [0.05, 0.1) is 16.7 Å². The highest BCUT2D eigenvalue weighted by Gasteiger charge is 2.45. The quantitative estimate of drug-likeness (QED) is 0.614. The van der Waals surface area contributed by atoms with Crippen molar-refractivity contribution in [2.24, 2.45) is 4.99 Å². The average molecular weight is 354 g/mol. The minimum atomic E-state index is -0.364. The zero-order chi connectivity index (χ0) is 17.4. The molecule has 1 aromatic heterocycles. The van der Waals surface area contributed by atoms with Crippen molar-refractivity contribution >= 4 is 22.6 Å². The third kappa shape index (κ3) is 2.78. The Hall–Kier alpha value is -2.41. The zero-order valence-corrected chi connectivity index (χ0v) is 14.6. The second-order valence-corrected chi connectivity index (χ2v) is 7.17. The maximum atomic E-state index is 11.0. The fourth-order valence-corrected chi connectivity index (χ4v) is 4.84. The fraction of sp³-hybridized carbons (Fsp3) is 0.333. The summed E-state index contributed by atoms with van der Waals surface area (Å²) in [7, 11) is 0. The largest absolute Gasteiger partial charge is 0.338 e. The lowest BCUT2D eigenvalue weighted by molar-refractivity contribution is -0.384. The van der Waals surface area contributed by atoms with Gasteiger partial charge in [-0.15, -0.1) is 0 Å². The Kier molecular flexibility index (Phi) is 4.17. The van der Waals surface area contributed by atoms with Gasteiger partial charge in [-0.2, -0.15) is 0 Å². The SMILES string of the molecule is CC[C@@H]1CSC2=N[C@@H](c3ccccn3)[C@@H](c3ccc([N+](=O)[O-])cc3)N21. The predicted octanol–water partition coefficient (Wildman–Crippen LogP) is 3.97. The second-order valence-electron chi connectivity index (χ2n) is 6.18. The number of hydrogen-bond donors (Lipinski definition) is 0. The Morgan fingerprint density at radius 1 is 1.28 bits per heavy atom. The molecule has 1 aromatic carbocycles. The summed E-state index contributed by atoms with van der Waals surface area (Å²) in [6, 6.07) is 13.1. The number of nitro benzene ring substituents is 1. The summed E-state index contributed by atoms with van der Waals surface area (Å²) in [5.74, 6) is 1.04. The van der Waals surface area contributed by atoms with E-state index >= 15 is 0 Å². The molecule has 0 amide bonds. The first kappa shape index (κ1) is 16.1. The molecule has 0 spiro atoms. The van der Waals surface area contributed by atoms with Gasteiger partial charge in [-0.25, -0.2) is 0 Å². The van der Waals surface area contributed by atoms with E-state index in [0.717, 1.165) is 28.6 Å². The first-order valence-electron chi connectivity index (χ1n) is 8.33. The third-order valence-electron chi connectivity index (χ3n) is 4.77. The molecular formula is C18H18N4O2S. The standard InChI is InChI=1S/C18H18N4O2S/c1-2-13-11-25-18-20-16(15-5-3-4-10-19-15)17(21(13)18)12-6-8-14(9-7-12)22(23)24/h3-10,13,16-17H,2,11H2,1H3/t13-,16+,17-/m1/s1. The number of aliphatic imine (C=N–C) groups is 1. The van der Waals surface area contributed by atoms with E-state index in [2.05, 4.69) is 16.8 Å². The van der Waals surface area contributed by atoms with E-state index in [0.29, 0.717) is 6.04 Å². The summed E-state index contributed by atoms with van der Waals surface area (Å²) in [5, 5.41) is 12.0. The highest BCUT2D eigenvalue weighted by Crippen LogP contribution is 2.48. The van der Waals surface area contributed by atoms with Crippen molar-refractivity contribution in [3.63, 3.8) is 0 Å². The zero-order valence-electron chi connectivity index (χ0n) is 13.8. The molecule has 4 rings (SSSR count). The van der Waals surface area contributed by atoms with E-state index in [-0.39, 0.29) is 22.7 Å². The Morgan fingerprint density at radius 3 is 2.72 bits per heavy atom. The number of non-ortho nitro benzene ring substituents is 1. The van der Waals surface area contributed by atoms with Crippen LogP contribution in [0, 0.1) is 10.1 Å². The van der Waals surface area contributed by atoms with E-state index < -0.39 is 0 Å². The van der Waals surface area contributed by atoms with Crippen LogP contribution < -0.4 is 0 Å². The summed E-state index contributed by atoms with van der Waals surface area (Å²) in [5.41, 5.74) is 2.09. The predicted molar refractivity (Wildman–Crippen MR) is 98.6 cm³/mol. The molecule has 0 N–H and O–H groups in total. The summed E-state index contributed by atoms with van der Waals surface area (Å²) < 4.78 is 0. The minimum absolute atomic E-state index is 0.0330. The Labute approximate surface area is 150 Å². The molecule has 25 heavy (non-hydrogen) atoms. The van der Waals surface area contributed by atoms with Crippen LogP contribution in [0.5, 0.6) is 0 Å². The number of fused-ring (bicyclic) bond motifs is 1. The minimum Gasteiger partial charge on any atom is -0.338 e. The Balaban J connectivity index is 1.76. The lowest BCUT2D eigenvalue weighted by atomic mass is 9.95. The molecule has 1 fully saturated rings. The molecule has 2 aliphatic heterocycles. The highest BCUT2D eigenvalue weighted by molar-refractivity contribution is 8.14. The van der Waals surface area contributed by atoms with Gasteiger partial charge in [-0.3, -0.25) is 20.1 Å². The van der Waals surface area contributed by atoms with Gasteiger partial charge in [0.2, 0.25) is 0 Å². The van der Waals surface area contributed by atoms with Crippen molar-refractivity contribution in [2.75, 3.05) is 5.75 Å². The van der Waals surface area contributed by atoms with Gasteiger partial charge in [-0.05, 0) is 24.1 Å². The van der Waals surface area contributed by atoms with Crippen LogP contribution in [0.1, 0.15) is 36.7 Å². The van der Waals surface area contributed by atoms with E-state index in [1.54, 1.807) is 30.1 Å². The lowest BCUT2D eigenvalue weighted by Gasteiger charge is -2.31. The average Bonchev–Trinajstić information content (AvgIpc) is 3.21. The lowest BCUT2D eigenvalue weighted by Crippen LogP contribution is -2.35. The molecule has 3 heterocycles. The molecule has 2 aliphatic rings. The summed E-state index contributed by atoms with van der Waals surface area (Å²) in [6.07, 6.45) is 2.83.